The van der Waals surface area contributed by atoms with Crippen molar-refractivity contribution in [2.45, 2.75) is 58.4 Å². The maximum atomic E-state index is 3.23. The van der Waals surface area contributed by atoms with Crippen LogP contribution in [0.15, 0.2) is 0 Å². The maximum Gasteiger partial charge on any atom is 0.00948 e. The third kappa shape index (κ3) is 5.87. The third-order valence-electron chi connectivity index (χ3n) is 4.12. The van der Waals surface area contributed by atoms with Gasteiger partial charge in [0, 0.05) is 6.04 Å². The van der Waals surface area contributed by atoms with Crippen molar-refractivity contribution in [3.05, 3.63) is 0 Å². The molecule has 2 atom stereocenters. The fourth-order valence-corrected chi connectivity index (χ4v) is 3.23. The van der Waals surface area contributed by atoms with E-state index in [1.165, 1.54) is 45.1 Å². The molecule has 1 aliphatic rings. The van der Waals surface area contributed by atoms with E-state index in [0.29, 0.717) is 0 Å². The second-order valence-corrected chi connectivity index (χ2v) is 6.25. The summed E-state index contributed by atoms with van der Waals surface area (Å²) in [5.41, 5.74) is 0. The molecule has 1 saturated carbocycles. The number of nitrogens with zero attached hydrogens (tertiary/aromatic N) is 1. The Morgan fingerprint density at radius 3 is 2.71 bits per heavy atom. The van der Waals surface area contributed by atoms with E-state index >= 15 is 0 Å². The molecule has 1 N–H and O–H groups in total. The zero-order valence-corrected chi connectivity index (χ0v) is 12.3. The van der Waals surface area contributed by atoms with Crippen LogP contribution in [0.3, 0.4) is 0 Å². The predicted molar refractivity (Wildman–Crippen MR) is 76.4 cm³/mol. The Morgan fingerprint density at radius 2 is 2.06 bits per heavy atom. The van der Waals surface area contributed by atoms with E-state index in [9.17, 15) is 0 Å². The van der Waals surface area contributed by atoms with Gasteiger partial charge in [-0.2, -0.15) is 0 Å². The average Bonchev–Trinajstić information content (AvgIpc) is 2.28. The van der Waals surface area contributed by atoms with Gasteiger partial charge >= 0.3 is 0 Å². The van der Waals surface area contributed by atoms with Gasteiger partial charge in [-0.05, 0) is 64.7 Å². The van der Waals surface area contributed by atoms with Gasteiger partial charge in [0.1, 0.15) is 0 Å². The van der Waals surface area contributed by atoms with Gasteiger partial charge in [0.25, 0.3) is 0 Å². The van der Waals surface area contributed by atoms with Crippen LogP contribution in [0.4, 0.5) is 0 Å². The van der Waals surface area contributed by atoms with Gasteiger partial charge in [0.15, 0.2) is 0 Å². The Balaban J connectivity index is 2.27. The van der Waals surface area contributed by atoms with E-state index in [2.05, 4.69) is 31.1 Å². The zero-order valence-electron chi connectivity index (χ0n) is 12.3. The molecule has 2 nitrogen and oxygen atoms in total. The summed E-state index contributed by atoms with van der Waals surface area (Å²) >= 11 is 0. The van der Waals surface area contributed by atoms with Crippen molar-refractivity contribution in [1.29, 1.82) is 0 Å². The quantitative estimate of drug-likeness (QED) is 0.688. The average molecular weight is 240 g/mol. The highest BCUT2D eigenvalue weighted by Gasteiger charge is 2.24. The van der Waals surface area contributed by atoms with E-state index in [4.69, 9.17) is 0 Å². The lowest BCUT2D eigenvalue weighted by Gasteiger charge is -2.36. The molecule has 0 radical (unpaired) electrons. The highest BCUT2D eigenvalue weighted by molar-refractivity contribution is 4.79. The largest absolute Gasteiger partial charge is 0.320 e. The first kappa shape index (κ1) is 15.0. The molecule has 0 spiro atoms. The molecule has 17 heavy (non-hydrogen) atoms. The van der Waals surface area contributed by atoms with E-state index in [-0.39, 0.29) is 0 Å². The molecular weight excluding hydrogens is 208 g/mol. The van der Waals surface area contributed by atoms with Crippen LogP contribution < -0.4 is 5.32 Å². The fraction of sp³-hybridized carbons (Fsp3) is 1.00. The summed E-state index contributed by atoms with van der Waals surface area (Å²) in [5.74, 6) is 1.86. The molecule has 2 unspecified atom stereocenters. The Bertz CT molecular complexity index is 191. The summed E-state index contributed by atoms with van der Waals surface area (Å²) in [7, 11) is 4.36. The maximum absolute atomic E-state index is 3.23. The number of rotatable bonds is 7. The van der Waals surface area contributed by atoms with Crippen LogP contribution in [0.2, 0.25) is 0 Å². The molecule has 0 aromatic heterocycles. The molecule has 0 aromatic rings. The molecule has 102 valence electrons. The summed E-state index contributed by atoms with van der Waals surface area (Å²) in [4.78, 5) is 2.60. The first-order valence-corrected chi connectivity index (χ1v) is 7.48. The lowest BCUT2D eigenvalue weighted by atomic mass is 9.80. The second-order valence-electron chi connectivity index (χ2n) is 6.25. The van der Waals surface area contributed by atoms with Gasteiger partial charge < -0.3 is 10.2 Å². The summed E-state index contributed by atoms with van der Waals surface area (Å²) in [5, 5.41) is 3.23. The molecule has 0 aromatic carbocycles. The second kappa shape index (κ2) is 8.10. The predicted octanol–water partition coefficient (Wildman–Crippen LogP) is 3.13. The molecule has 0 amide bonds. The lowest BCUT2D eigenvalue weighted by Crippen LogP contribution is -2.37. The number of hydrogen-bond acceptors (Lipinski definition) is 2. The number of nitrogens with one attached hydrogen (secondary N) is 1. The van der Waals surface area contributed by atoms with E-state index in [1.807, 2.05) is 7.05 Å². The SMILES string of the molecule is CNCCCN(C)C1CCCC(CC(C)C)C1. The van der Waals surface area contributed by atoms with Gasteiger partial charge in [-0.3, -0.25) is 0 Å². The summed E-state index contributed by atoms with van der Waals surface area (Å²) in [6, 6.07) is 0.851. The molecule has 1 aliphatic carbocycles. The van der Waals surface area contributed by atoms with Crippen LogP contribution in [0.25, 0.3) is 0 Å². The van der Waals surface area contributed by atoms with E-state index in [0.717, 1.165) is 24.4 Å². The molecule has 0 bridgehead atoms. The monoisotopic (exact) mass is 240 g/mol. The van der Waals surface area contributed by atoms with Crippen molar-refractivity contribution in [1.82, 2.24) is 10.2 Å². The molecule has 0 heterocycles. The minimum absolute atomic E-state index is 0.851. The lowest BCUT2D eigenvalue weighted by molar-refractivity contribution is 0.146. The van der Waals surface area contributed by atoms with Gasteiger partial charge in [-0.1, -0.05) is 26.7 Å². The van der Waals surface area contributed by atoms with Crippen LogP contribution in [0.1, 0.15) is 52.4 Å². The summed E-state index contributed by atoms with van der Waals surface area (Å²) < 4.78 is 0. The standard InChI is InChI=1S/C15H32N2/c1-13(2)11-14-7-5-8-15(12-14)17(4)10-6-9-16-3/h13-16H,5-12H2,1-4H3. The van der Waals surface area contributed by atoms with Crippen molar-refractivity contribution in [3.8, 4) is 0 Å². The topological polar surface area (TPSA) is 15.3 Å². The highest BCUT2D eigenvalue weighted by atomic mass is 15.1. The first-order valence-electron chi connectivity index (χ1n) is 7.48. The third-order valence-corrected chi connectivity index (χ3v) is 4.12. The van der Waals surface area contributed by atoms with Crippen LogP contribution in [-0.2, 0) is 0 Å². The van der Waals surface area contributed by atoms with Gasteiger partial charge in [-0.15, -0.1) is 0 Å². The smallest absolute Gasteiger partial charge is 0.00948 e. The number of hydrogen-bond donors (Lipinski definition) is 1. The Hall–Kier alpha value is -0.0800. The van der Waals surface area contributed by atoms with Crippen molar-refractivity contribution in [2.24, 2.45) is 11.8 Å². The Labute approximate surface area is 108 Å². The summed E-state index contributed by atoms with van der Waals surface area (Å²) in [6.07, 6.45) is 8.48. The molecular formula is C15H32N2. The molecule has 0 saturated heterocycles. The van der Waals surface area contributed by atoms with Crippen molar-refractivity contribution >= 4 is 0 Å². The highest BCUT2D eigenvalue weighted by Crippen LogP contribution is 2.31. The van der Waals surface area contributed by atoms with Crippen LogP contribution in [-0.4, -0.2) is 38.1 Å². The van der Waals surface area contributed by atoms with Gasteiger partial charge in [0.2, 0.25) is 0 Å². The van der Waals surface area contributed by atoms with E-state index in [1.54, 1.807) is 0 Å². The van der Waals surface area contributed by atoms with Crippen molar-refractivity contribution in [2.75, 3.05) is 27.2 Å². The van der Waals surface area contributed by atoms with Gasteiger partial charge in [-0.25, -0.2) is 0 Å². The van der Waals surface area contributed by atoms with Crippen LogP contribution in [0, 0.1) is 11.8 Å². The minimum Gasteiger partial charge on any atom is -0.320 e. The Kier molecular flexibility index (Phi) is 7.14. The van der Waals surface area contributed by atoms with Crippen LogP contribution >= 0.6 is 0 Å². The normalized spacial score (nSPS) is 25.8. The fourth-order valence-electron chi connectivity index (χ4n) is 3.23. The summed E-state index contributed by atoms with van der Waals surface area (Å²) in [6.45, 7) is 7.12. The van der Waals surface area contributed by atoms with Crippen LogP contribution in [0.5, 0.6) is 0 Å². The molecule has 1 rings (SSSR count). The van der Waals surface area contributed by atoms with Crippen molar-refractivity contribution < 1.29 is 0 Å². The molecule has 1 fully saturated rings. The van der Waals surface area contributed by atoms with E-state index < -0.39 is 0 Å². The molecule has 2 heteroatoms. The Morgan fingerprint density at radius 1 is 1.29 bits per heavy atom. The molecule has 0 aliphatic heterocycles. The first-order chi connectivity index (χ1) is 8.13. The van der Waals surface area contributed by atoms with Gasteiger partial charge in [0.05, 0.1) is 0 Å². The zero-order chi connectivity index (χ0) is 12.7. The van der Waals surface area contributed by atoms with Crippen molar-refractivity contribution in [3.63, 3.8) is 0 Å². The minimum atomic E-state index is 0.851.